The Kier molecular flexibility index (Phi) is 5.65. The van der Waals surface area contributed by atoms with Crippen molar-refractivity contribution in [2.75, 3.05) is 12.4 Å². The lowest BCUT2D eigenvalue weighted by Gasteiger charge is -2.17. The first-order chi connectivity index (χ1) is 8.52. The highest BCUT2D eigenvalue weighted by Gasteiger charge is 2.13. The molecule has 1 atom stereocenters. The largest absolute Gasteiger partial charge is 0.380 e. The van der Waals surface area contributed by atoms with Gasteiger partial charge in [0.1, 0.15) is 6.04 Å². The normalized spacial score (nSPS) is 12.3. The van der Waals surface area contributed by atoms with Crippen LogP contribution < -0.4 is 10.6 Å². The van der Waals surface area contributed by atoms with Gasteiger partial charge in [0.15, 0.2) is 0 Å². The summed E-state index contributed by atoms with van der Waals surface area (Å²) < 4.78 is 5.08. The quantitative estimate of drug-likeness (QED) is 0.813. The molecule has 0 aliphatic rings. The average Bonchev–Trinajstić information content (AvgIpc) is 2.29. The molecule has 0 fully saturated rings. The van der Waals surface area contributed by atoms with Crippen molar-refractivity contribution in [1.82, 2.24) is 5.32 Å². The van der Waals surface area contributed by atoms with Crippen LogP contribution in [-0.2, 0) is 16.1 Å². The van der Waals surface area contributed by atoms with E-state index in [0.29, 0.717) is 6.61 Å². The van der Waals surface area contributed by atoms with E-state index in [1.165, 1.54) is 0 Å². The molecule has 0 aliphatic heterocycles. The highest BCUT2D eigenvalue weighted by Crippen LogP contribution is 2.12. The molecule has 2 N–H and O–H groups in total. The number of hydrogen-bond acceptors (Lipinski definition) is 3. The molecule has 100 valence electrons. The fraction of sp³-hybridized carbons (Fsp3) is 0.500. The zero-order valence-corrected chi connectivity index (χ0v) is 11.5. The van der Waals surface area contributed by atoms with Crippen molar-refractivity contribution in [1.29, 1.82) is 0 Å². The number of carbonyl (C=O) groups is 1. The van der Waals surface area contributed by atoms with E-state index in [0.717, 1.165) is 11.3 Å². The second kappa shape index (κ2) is 7.01. The SMILES string of the molecule is COCc1cccc(NC(C)C(=O)NC(C)C)c1. The van der Waals surface area contributed by atoms with Gasteiger partial charge < -0.3 is 15.4 Å². The lowest BCUT2D eigenvalue weighted by atomic mass is 10.2. The second-order valence-corrected chi connectivity index (χ2v) is 4.66. The predicted molar refractivity (Wildman–Crippen MR) is 73.5 cm³/mol. The summed E-state index contributed by atoms with van der Waals surface area (Å²) in [7, 11) is 1.67. The molecule has 4 heteroatoms. The van der Waals surface area contributed by atoms with Crippen LogP contribution in [0.2, 0.25) is 0 Å². The van der Waals surface area contributed by atoms with Gasteiger partial charge in [-0.05, 0) is 38.5 Å². The van der Waals surface area contributed by atoms with Crippen LogP contribution in [0, 0.1) is 0 Å². The van der Waals surface area contributed by atoms with Crippen molar-refractivity contribution in [3.63, 3.8) is 0 Å². The lowest BCUT2D eigenvalue weighted by Crippen LogP contribution is -2.40. The number of amides is 1. The van der Waals surface area contributed by atoms with E-state index in [9.17, 15) is 4.79 Å². The van der Waals surface area contributed by atoms with Crippen LogP contribution in [0.1, 0.15) is 26.3 Å². The van der Waals surface area contributed by atoms with E-state index in [-0.39, 0.29) is 18.0 Å². The Morgan fingerprint density at radius 3 is 2.67 bits per heavy atom. The molecular formula is C14H22N2O2. The first-order valence-electron chi connectivity index (χ1n) is 6.17. The summed E-state index contributed by atoms with van der Waals surface area (Å²) in [5, 5.41) is 6.05. The maximum absolute atomic E-state index is 11.8. The van der Waals surface area contributed by atoms with Crippen molar-refractivity contribution in [2.45, 2.75) is 39.5 Å². The Labute approximate surface area is 109 Å². The minimum absolute atomic E-state index is 0.00199. The highest BCUT2D eigenvalue weighted by atomic mass is 16.5. The van der Waals surface area contributed by atoms with Gasteiger partial charge in [0.05, 0.1) is 6.61 Å². The molecule has 0 saturated carbocycles. The predicted octanol–water partition coefficient (Wildman–Crippen LogP) is 2.16. The molecule has 18 heavy (non-hydrogen) atoms. The molecule has 0 heterocycles. The molecule has 1 rings (SSSR count). The molecule has 1 amide bonds. The highest BCUT2D eigenvalue weighted by molar-refractivity contribution is 5.84. The number of methoxy groups -OCH3 is 1. The number of ether oxygens (including phenoxy) is 1. The third-order valence-corrected chi connectivity index (χ3v) is 2.45. The first kappa shape index (κ1) is 14.5. The summed E-state index contributed by atoms with van der Waals surface area (Å²) in [5.74, 6) is 0.00199. The summed E-state index contributed by atoms with van der Waals surface area (Å²) in [6.45, 7) is 6.32. The summed E-state index contributed by atoms with van der Waals surface area (Å²) in [6, 6.07) is 7.77. The standard InChI is InChI=1S/C14H22N2O2/c1-10(2)15-14(17)11(3)16-13-7-5-6-12(8-13)9-18-4/h5-8,10-11,16H,9H2,1-4H3,(H,15,17). The number of anilines is 1. The van der Waals surface area contributed by atoms with Crippen LogP contribution in [0.5, 0.6) is 0 Å². The fourth-order valence-electron chi connectivity index (χ4n) is 1.64. The van der Waals surface area contributed by atoms with Gasteiger partial charge in [0.25, 0.3) is 0 Å². The molecule has 0 aliphatic carbocycles. The van der Waals surface area contributed by atoms with Crippen LogP contribution in [0.3, 0.4) is 0 Å². The van der Waals surface area contributed by atoms with E-state index in [2.05, 4.69) is 10.6 Å². The molecule has 0 radical (unpaired) electrons. The topological polar surface area (TPSA) is 50.4 Å². The Hall–Kier alpha value is -1.55. The van der Waals surface area contributed by atoms with Gasteiger partial charge in [-0.15, -0.1) is 0 Å². The molecule has 1 aromatic rings. The Bertz CT molecular complexity index is 391. The van der Waals surface area contributed by atoms with Gasteiger partial charge >= 0.3 is 0 Å². The molecule has 1 unspecified atom stereocenters. The average molecular weight is 250 g/mol. The van der Waals surface area contributed by atoms with Crippen LogP contribution in [0.15, 0.2) is 24.3 Å². The third-order valence-electron chi connectivity index (χ3n) is 2.45. The van der Waals surface area contributed by atoms with Crippen molar-refractivity contribution in [3.05, 3.63) is 29.8 Å². The van der Waals surface area contributed by atoms with Crippen molar-refractivity contribution in [2.24, 2.45) is 0 Å². The molecule has 4 nitrogen and oxygen atoms in total. The minimum Gasteiger partial charge on any atom is -0.380 e. The Morgan fingerprint density at radius 2 is 2.06 bits per heavy atom. The molecule has 1 aromatic carbocycles. The zero-order chi connectivity index (χ0) is 13.5. The van der Waals surface area contributed by atoms with Gasteiger partial charge in [-0.1, -0.05) is 12.1 Å². The van der Waals surface area contributed by atoms with Crippen LogP contribution in [0.25, 0.3) is 0 Å². The van der Waals surface area contributed by atoms with Gasteiger partial charge in [-0.3, -0.25) is 4.79 Å². The molecular weight excluding hydrogens is 228 g/mol. The smallest absolute Gasteiger partial charge is 0.242 e. The van der Waals surface area contributed by atoms with E-state index >= 15 is 0 Å². The number of carbonyl (C=O) groups excluding carboxylic acids is 1. The second-order valence-electron chi connectivity index (χ2n) is 4.66. The number of nitrogens with one attached hydrogen (secondary N) is 2. The minimum atomic E-state index is -0.259. The molecule has 0 spiro atoms. The zero-order valence-electron chi connectivity index (χ0n) is 11.5. The molecule has 0 aromatic heterocycles. The van der Waals surface area contributed by atoms with E-state index in [1.54, 1.807) is 7.11 Å². The summed E-state index contributed by atoms with van der Waals surface area (Å²) in [4.78, 5) is 11.8. The fourth-order valence-corrected chi connectivity index (χ4v) is 1.64. The van der Waals surface area contributed by atoms with Crippen molar-refractivity contribution < 1.29 is 9.53 Å². The first-order valence-corrected chi connectivity index (χ1v) is 6.17. The maximum Gasteiger partial charge on any atom is 0.242 e. The number of hydrogen-bond donors (Lipinski definition) is 2. The van der Waals surface area contributed by atoms with Gasteiger partial charge in [0.2, 0.25) is 5.91 Å². The van der Waals surface area contributed by atoms with E-state index in [1.807, 2.05) is 45.0 Å². The Morgan fingerprint density at radius 1 is 1.33 bits per heavy atom. The van der Waals surface area contributed by atoms with Gasteiger partial charge in [0, 0.05) is 18.8 Å². The number of benzene rings is 1. The van der Waals surface area contributed by atoms with Crippen molar-refractivity contribution in [3.8, 4) is 0 Å². The van der Waals surface area contributed by atoms with E-state index in [4.69, 9.17) is 4.74 Å². The van der Waals surface area contributed by atoms with Gasteiger partial charge in [-0.25, -0.2) is 0 Å². The summed E-state index contributed by atoms with van der Waals surface area (Å²) in [5.41, 5.74) is 2.01. The third kappa shape index (κ3) is 4.75. The van der Waals surface area contributed by atoms with Crippen molar-refractivity contribution >= 4 is 11.6 Å². The lowest BCUT2D eigenvalue weighted by molar-refractivity contribution is -0.122. The molecule has 0 bridgehead atoms. The van der Waals surface area contributed by atoms with Crippen LogP contribution in [-0.4, -0.2) is 25.1 Å². The van der Waals surface area contributed by atoms with E-state index < -0.39 is 0 Å². The molecule has 0 saturated heterocycles. The van der Waals surface area contributed by atoms with Crippen LogP contribution in [0.4, 0.5) is 5.69 Å². The van der Waals surface area contributed by atoms with Gasteiger partial charge in [-0.2, -0.15) is 0 Å². The monoisotopic (exact) mass is 250 g/mol. The summed E-state index contributed by atoms with van der Waals surface area (Å²) >= 11 is 0. The Balaban J connectivity index is 2.60. The summed E-state index contributed by atoms with van der Waals surface area (Å²) in [6.07, 6.45) is 0. The van der Waals surface area contributed by atoms with Crippen LogP contribution >= 0.6 is 0 Å². The number of rotatable bonds is 6. The maximum atomic E-state index is 11.8.